The van der Waals surface area contributed by atoms with Crippen LogP contribution in [0.2, 0.25) is 0 Å². The highest BCUT2D eigenvalue weighted by Gasteiger charge is 2.18. The lowest BCUT2D eigenvalue weighted by Crippen LogP contribution is -2.07. The Hall–Kier alpha value is -1.98. The third-order valence-electron chi connectivity index (χ3n) is 2.86. The minimum Gasteiger partial charge on any atom is -0.381 e. The van der Waals surface area contributed by atoms with Gasteiger partial charge in [0.05, 0.1) is 21.3 Å². The van der Waals surface area contributed by atoms with Crippen LogP contribution in [-0.2, 0) is 0 Å². The zero-order chi connectivity index (χ0) is 13.2. The van der Waals surface area contributed by atoms with Crippen molar-refractivity contribution in [1.82, 2.24) is 14.8 Å². The Morgan fingerprint density at radius 1 is 1.21 bits per heavy atom. The van der Waals surface area contributed by atoms with E-state index in [1.165, 1.54) is 11.3 Å². The standard InChI is InChI=1S/C14H13N3OS/c1-10-15-9-13(19-10)14(18)12-7-8-16-17(12)11-5-3-2-4-6-11/h2-9,14,18H,1H3. The van der Waals surface area contributed by atoms with E-state index in [9.17, 15) is 5.11 Å². The van der Waals surface area contributed by atoms with Crippen molar-refractivity contribution in [2.24, 2.45) is 0 Å². The fourth-order valence-electron chi connectivity index (χ4n) is 1.96. The molecule has 0 aliphatic heterocycles. The summed E-state index contributed by atoms with van der Waals surface area (Å²) in [6, 6.07) is 11.6. The summed E-state index contributed by atoms with van der Waals surface area (Å²) in [6.45, 7) is 1.93. The van der Waals surface area contributed by atoms with Crippen LogP contribution in [0.15, 0.2) is 48.8 Å². The Balaban J connectivity index is 2.01. The van der Waals surface area contributed by atoms with E-state index in [-0.39, 0.29) is 0 Å². The molecule has 0 fully saturated rings. The molecule has 1 unspecified atom stereocenters. The predicted octanol–water partition coefficient (Wildman–Crippen LogP) is 2.72. The molecule has 0 saturated heterocycles. The van der Waals surface area contributed by atoms with E-state index >= 15 is 0 Å². The van der Waals surface area contributed by atoms with Gasteiger partial charge in [-0.05, 0) is 25.1 Å². The van der Waals surface area contributed by atoms with Crippen LogP contribution < -0.4 is 0 Å². The van der Waals surface area contributed by atoms with Crippen LogP contribution in [0.3, 0.4) is 0 Å². The van der Waals surface area contributed by atoms with Crippen LogP contribution >= 0.6 is 11.3 Å². The van der Waals surface area contributed by atoms with Crippen molar-refractivity contribution in [1.29, 1.82) is 0 Å². The Morgan fingerprint density at radius 3 is 2.68 bits per heavy atom. The van der Waals surface area contributed by atoms with Gasteiger partial charge in [-0.3, -0.25) is 0 Å². The van der Waals surface area contributed by atoms with Gasteiger partial charge >= 0.3 is 0 Å². The molecular weight excluding hydrogens is 258 g/mol. The zero-order valence-corrected chi connectivity index (χ0v) is 11.2. The number of thiazole rings is 1. The molecular formula is C14H13N3OS. The summed E-state index contributed by atoms with van der Waals surface area (Å²) >= 11 is 1.50. The monoisotopic (exact) mass is 271 g/mol. The molecule has 0 amide bonds. The molecule has 0 bridgehead atoms. The molecule has 5 heteroatoms. The van der Waals surface area contributed by atoms with Gasteiger partial charge in [0.25, 0.3) is 0 Å². The van der Waals surface area contributed by atoms with Crippen LogP contribution in [0, 0.1) is 6.92 Å². The molecule has 2 aromatic heterocycles. The fourth-order valence-corrected chi connectivity index (χ4v) is 2.74. The maximum absolute atomic E-state index is 10.4. The van der Waals surface area contributed by atoms with Gasteiger partial charge in [0, 0.05) is 12.4 Å². The Bertz CT molecular complexity index is 675. The van der Waals surface area contributed by atoms with Gasteiger partial charge in [0.1, 0.15) is 6.10 Å². The number of rotatable bonds is 3. The molecule has 4 nitrogen and oxygen atoms in total. The number of aliphatic hydroxyl groups is 1. The van der Waals surface area contributed by atoms with E-state index in [2.05, 4.69) is 10.1 Å². The van der Waals surface area contributed by atoms with Crippen LogP contribution in [0.4, 0.5) is 0 Å². The first-order valence-corrected chi connectivity index (χ1v) is 6.77. The largest absolute Gasteiger partial charge is 0.381 e. The summed E-state index contributed by atoms with van der Waals surface area (Å²) in [5, 5.41) is 15.7. The first kappa shape index (κ1) is 12.1. The molecule has 0 aliphatic rings. The number of hydrogen-bond acceptors (Lipinski definition) is 4. The fraction of sp³-hybridized carbons (Fsp3) is 0.143. The summed E-state index contributed by atoms with van der Waals surface area (Å²) in [7, 11) is 0. The highest BCUT2D eigenvalue weighted by atomic mass is 32.1. The maximum atomic E-state index is 10.4. The molecule has 2 heterocycles. The van der Waals surface area contributed by atoms with Crippen molar-refractivity contribution in [2.45, 2.75) is 13.0 Å². The Kier molecular flexibility index (Phi) is 3.15. The maximum Gasteiger partial charge on any atom is 0.132 e. The Labute approximate surface area is 115 Å². The number of aliphatic hydroxyl groups excluding tert-OH is 1. The second kappa shape index (κ2) is 4.95. The molecule has 0 radical (unpaired) electrons. The van der Waals surface area contributed by atoms with Gasteiger partial charge in [-0.25, -0.2) is 9.67 Å². The van der Waals surface area contributed by atoms with Gasteiger partial charge in [0.2, 0.25) is 0 Å². The highest BCUT2D eigenvalue weighted by Crippen LogP contribution is 2.27. The molecule has 19 heavy (non-hydrogen) atoms. The first-order chi connectivity index (χ1) is 9.25. The van der Waals surface area contributed by atoms with Crippen molar-refractivity contribution in [3.63, 3.8) is 0 Å². The normalized spacial score (nSPS) is 12.5. The summed E-state index contributed by atoms with van der Waals surface area (Å²) in [5.74, 6) is 0. The molecule has 1 aromatic carbocycles. The first-order valence-electron chi connectivity index (χ1n) is 5.95. The molecule has 0 aliphatic carbocycles. The number of nitrogens with zero attached hydrogens (tertiary/aromatic N) is 3. The van der Waals surface area contributed by atoms with Gasteiger partial charge in [0.15, 0.2) is 0 Å². The summed E-state index contributed by atoms with van der Waals surface area (Å²) in [6.07, 6.45) is 2.71. The van der Waals surface area contributed by atoms with E-state index < -0.39 is 6.10 Å². The molecule has 1 atom stereocenters. The summed E-state index contributed by atoms with van der Waals surface area (Å²) in [5.41, 5.74) is 1.68. The number of aryl methyl sites for hydroxylation is 1. The second-order valence-corrected chi connectivity index (χ2v) is 5.45. The van der Waals surface area contributed by atoms with Crippen molar-refractivity contribution in [2.75, 3.05) is 0 Å². The zero-order valence-electron chi connectivity index (χ0n) is 10.4. The average Bonchev–Trinajstić information content (AvgIpc) is 3.07. The minimum absolute atomic E-state index is 0.700. The van der Waals surface area contributed by atoms with Gasteiger partial charge in [-0.1, -0.05) is 18.2 Å². The second-order valence-electron chi connectivity index (χ2n) is 4.19. The lowest BCUT2D eigenvalue weighted by molar-refractivity contribution is 0.215. The lowest BCUT2D eigenvalue weighted by atomic mass is 10.2. The third kappa shape index (κ3) is 2.30. The van der Waals surface area contributed by atoms with Crippen molar-refractivity contribution in [3.8, 4) is 5.69 Å². The van der Waals surface area contributed by atoms with E-state index in [4.69, 9.17) is 0 Å². The van der Waals surface area contributed by atoms with Gasteiger partial charge < -0.3 is 5.11 Å². The van der Waals surface area contributed by atoms with Gasteiger partial charge in [-0.15, -0.1) is 11.3 Å². The summed E-state index contributed by atoms with van der Waals surface area (Å²) < 4.78 is 1.75. The van der Waals surface area contributed by atoms with E-state index in [1.54, 1.807) is 17.1 Å². The average molecular weight is 271 g/mol. The van der Waals surface area contributed by atoms with Crippen LogP contribution in [0.1, 0.15) is 21.7 Å². The smallest absolute Gasteiger partial charge is 0.132 e. The molecule has 3 rings (SSSR count). The molecule has 1 N–H and O–H groups in total. The molecule has 0 saturated carbocycles. The van der Waals surface area contributed by atoms with Crippen LogP contribution in [-0.4, -0.2) is 19.9 Å². The summed E-state index contributed by atoms with van der Waals surface area (Å²) in [4.78, 5) is 5.01. The molecule has 3 aromatic rings. The number of para-hydroxylation sites is 1. The minimum atomic E-state index is -0.700. The highest BCUT2D eigenvalue weighted by molar-refractivity contribution is 7.11. The number of benzene rings is 1. The predicted molar refractivity (Wildman–Crippen MR) is 74.5 cm³/mol. The Morgan fingerprint density at radius 2 is 2.00 bits per heavy atom. The topological polar surface area (TPSA) is 50.9 Å². The van der Waals surface area contributed by atoms with E-state index in [1.807, 2.05) is 43.3 Å². The third-order valence-corrected chi connectivity index (χ3v) is 3.83. The quantitative estimate of drug-likeness (QED) is 0.797. The lowest BCUT2D eigenvalue weighted by Gasteiger charge is -2.11. The van der Waals surface area contributed by atoms with E-state index in [0.717, 1.165) is 21.3 Å². The van der Waals surface area contributed by atoms with E-state index in [0.29, 0.717) is 0 Å². The number of hydrogen-bond donors (Lipinski definition) is 1. The van der Waals surface area contributed by atoms with Crippen LogP contribution in [0.5, 0.6) is 0 Å². The molecule has 0 spiro atoms. The van der Waals surface area contributed by atoms with Crippen molar-refractivity contribution in [3.05, 3.63) is 64.4 Å². The SMILES string of the molecule is Cc1ncc(C(O)c2ccnn2-c2ccccc2)s1. The van der Waals surface area contributed by atoms with Gasteiger partial charge in [-0.2, -0.15) is 5.10 Å². The van der Waals surface area contributed by atoms with Crippen molar-refractivity contribution >= 4 is 11.3 Å². The van der Waals surface area contributed by atoms with Crippen molar-refractivity contribution < 1.29 is 5.11 Å². The number of aromatic nitrogens is 3. The van der Waals surface area contributed by atoms with Crippen LogP contribution in [0.25, 0.3) is 5.69 Å². The molecule has 96 valence electrons.